The van der Waals surface area contributed by atoms with Crippen LogP contribution in [0.25, 0.3) is 0 Å². The number of halogens is 1. The number of methoxy groups -OCH3 is 1. The van der Waals surface area contributed by atoms with Crippen molar-refractivity contribution in [1.82, 2.24) is 10.7 Å². The zero-order valence-electron chi connectivity index (χ0n) is 14.3. The number of hydrazone groups is 1. The maximum Gasteiger partial charge on any atom is 0.329 e. The molecule has 1 aromatic carbocycles. The van der Waals surface area contributed by atoms with Crippen LogP contribution >= 0.6 is 11.6 Å². The van der Waals surface area contributed by atoms with Gasteiger partial charge < -0.3 is 15.4 Å². The van der Waals surface area contributed by atoms with Gasteiger partial charge in [-0.05, 0) is 31.5 Å². The van der Waals surface area contributed by atoms with Crippen LogP contribution in [0.3, 0.4) is 0 Å². The van der Waals surface area contributed by atoms with Gasteiger partial charge in [0.25, 0.3) is 0 Å². The fraction of sp³-hybridized carbons (Fsp3) is 0.375. The third-order valence-electron chi connectivity index (χ3n) is 3.04. The van der Waals surface area contributed by atoms with Gasteiger partial charge in [0, 0.05) is 30.1 Å². The van der Waals surface area contributed by atoms with Gasteiger partial charge in [0.15, 0.2) is 0 Å². The fourth-order valence-corrected chi connectivity index (χ4v) is 1.91. The first-order valence-corrected chi connectivity index (χ1v) is 7.87. The lowest BCUT2D eigenvalue weighted by Gasteiger charge is -2.09. The molecule has 1 aromatic rings. The highest BCUT2D eigenvalue weighted by Crippen LogP contribution is 2.20. The van der Waals surface area contributed by atoms with E-state index in [4.69, 9.17) is 16.3 Å². The molecule has 0 aromatic heterocycles. The monoisotopic (exact) mass is 368 g/mol. The van der Waals surface area contributed by atoms with E-state index >= 15 is 0 Å². The largest absolute Gasteiger partial charge is 0.383 e. The maximum atomic E-state index is 12.0. The van der Waals surface area contributed by atoms with Crippen molar-refractivity contribution in [2.75, 3.05) is 25.6 Å². The average molecular weight is 369 g/mol. The van der Waals surface area contributed by atoms with E-state index in [2.05, 4.69) is 21.2 Å². The highest BCUT2D eigenvalue weighted by Gasteiger charge is 2.12. The zero-order chi connectivity index (χ0) is 18.8. The van der Waals surface area contributed by atoms with Crippen molar-refractivity contribution in [2.45, 2.75) is 20.3 Å². The van der Waals surface area contributed by atoms with Crippen molar-refractivity contribution in [3.8, 4) is 0 Å². The molecule has 0 spiro atoms. The minimum absolute atomic E-state index is 0.0441. The quantitative estimate of drug-likeness (QED) is 0.291. The molecule has 0 aliphatic carbocycles. The SMILES string of the molecule is COCCNC(=O)C(=O)NN=C(C)CC(=O)Nc1cc(Cl)ccc1C. The van der Waals surface area contributed by atoms with E-state index < -0.39 is 11.8 Å². The Morgan fingerprint density at radius 3 is 2.64 bits per heavy atom. The number of hydrogen-bond acceptors (Lipinski definition) is 5. The van der Waals surface area contributed by atoms with Gasteiger partial charge in [0.1, 0.15) is 0 Å². The molecule has 0 heterocycles. The molecule has 0 atom stereocenters. The van der Waals surface area contributed by atoms with Gasteiger partial charge >= 0.3 is 11.8 Å². The summed E-state index contributed by atoms with van der Waals surface area (Å²) in [6, 6.07) is 5.17. The lowest BCUT2D eigenvalue weighted by Crippen LogP contribution is -2.39. The molecule has 0 radical (unpaired) electrons. The molecule has 8 nitrogen and oxygen atoms in total. The Balaban J connectivity index is 2.48. The lowest BCUT2D eigenvalue weighted by atomic mass is 10.2. The third kappa shape index (κ3) is 7.77. The molecule has 0 unspecified atom stereocenters. The summed E-state index contributed by atoms with van der Waals surface area (Å²) < 4.78 is 4.75. The molecule has 0 aliphatic rings. The molecule has 9 heteroatoms. The van der Waals surface area contributed by atoms with Gasteiger partial charge in [-0.3, -0.25) is 14.4 Å². The second kappa shape index (κ2) is 10.4. The predicted octanol–water partition coefficient (Wildman–Crippen LogP) is 1.23. The van der Waals surface area contributed by atoms with Crippen LogP contribution in [0.1, 0.15) is 18.9 Å². The van der Waals surface area contributed by atoms with Crippen molar-refractivity contribution in [3.05, 3.63) is 28.8 Å². The van der Waals surface area contributed by atoms with E-state index in [1.165, 1.54) is 7.11 Å². The highest BCUT2D eigenvalue weighted by atomic mass is 35.5. The Bertz CT molecular complexity index is 676. The first kappa shape index (κ1) is 20.6. The average Bonchev–Trinajstić information content (AvgIpc) is 2.56. The summed E-state index contributed by atoms with van der Waals surface area (Å²) in [6.45, 7) is 3.92. The number of nitrogens with one attached hydrogen (secondary N) is 3. The molecule has 136 valence electrons. The minimum atomic E-state index is -0.915. The summed E-state index contributed by atoms with van der Waals surface area (Å²) in [7, 11) is 1.48. The molecule has 25 heavy (non-hydrogen) atoms. The number of anilines is 1. The Hall–Kier alpha value is -2.45. The summed E-state index contributed by atoms with van der Waals surface area (Å²) in [5.74, 6) is -2.06. The summed E-state index contributed by atoms with van der Waals surface area (Å²) in [5.41, 5.74) is 3.91. The number of ether oxygens (including phenoxy) is 1. The molecule has 3 N–H and O–H groups in total. The van der Waals surface area contributed by atoms with Gasteiger partial charge in [0.05, 0.1) is 13.0 Å². The molecule has 0 saturated carbocycles. The summed E-state index contributed by atoms with van der Waals surface area (Å²) in [4.78, 5) is 34.9. The van der Waals surface area contributed by atoms with E-state index in [0.29, 0.717) is 23.0 Å². The number of hydrogen-bond donors (Lipinski definition) is 3. The second-order valence-corrected chi connectivity index (χ2v) is 5.66. The minimum Gasteiger partial charge on any atom is -0.383 e. The molecule has 1 rings (SSSR count). The van der Waals surface area contributed by atoms with Crippen LogP contribution in [0.4, 0.5) is 5.69 Å². The standard InChI is InChI=1S/C16H21ClN4O4/c1-10-4-5-12(17)9-13(10)19-14(22)8-11(2)20-21-16(24)15(23)18-6-7-25-3/h4-5,9H,6-8H2,1-3H3,(H,18,23)(H,19,22)(H,21,24). The summed E-state index contributed by atoms with van der Waals surface area (Å²) in [5, 5.41) is 9.32. The lowest BCUT2D eigenvalue weighted by molar-refractivity contribution is -0.139. The van der Waals surface area contributed by atoms with Crippen LogP contribution in [-0.4, -0.2) is 43.7 Å². The van der Waals surface area contributed by atoms with Gasteiger partial charge in [0.2, 0.25) is 5.91 Å². The number of aryl methyl sites for hydroxylation is 1. The normalized spacial score (nSPS) is 11.0. The van der Waals surface area contributed by atoms with Crippen LogP contribution in [0, 0.1) is 6.92 Å². The van der Waals surface area contributed by atoms with Gasteiger partial charge in [-0.25, -0.2) is 5.43 Å². The predicted molar refractivity (Wildman–Crippen MR) is 95.6 cm³/mol. The first-order chi connectivity index (χ1) is 11.8. The molecule has 3 amide bonds. The van der Waals surface area contributed by atoms with Crippen LogP contribution < -0.4 is 16.1 Å². The molecular weight excluding hydrogens is 348 g/mol. The van der Waals surface area contributed by atoms with Crippen molar-refractivity contribution in [1.29, 1.82) is 0 Å². The van der Waals surface area contributed by atoms with E-state index in [9.17, 15) is 14.4 Å². The van der Waals surface area contributed by atoms with Crippen LogP contribution in [-0.2, 0) is 19.1 Å². The van der Waals surface area contributed by atoms with Crippen LogP contribution in [0.5, 0.6) is 0 Å². The smallest absolute Gasteiger partial charge is 0.329 e. The number of carbonyl (C=O) groups is 3. The Labute approximate surface area is 150 Å². The number of nitrogens with zero attached hydrogens (tertiary/aromatic N) is 1. The van der Waals surface area contributed by atoms with E-state index in [0.717, 1.165) is 5.56 Å². The number of carbonyl (C=O) groups excluding carboxylic acids is 3. The Morgan fingerprint density at radius 1 is 1.24 bits per heavy atom. The van der Waals surface area contributed by atoms with Crippen molar-refractivity contribution < 1.29 is 19.1 Å². The van der Waals surface area contributed by atoms with Crippen molar-refractivity contribution >= 4 is 40.7 Å². The van der Waals surface area contributed by atoms with Crippen molar-refractivity contribution in [3.63, 3.8) is 0 Å². The number of rotatable bonds is 7. The van der Waals surface area contributed by atoms with Gasteiger partial charge in [-0.2, -0.15) is 5.10 Å². The third-order valence-corrected chi connectivity index (χ3v) is 3.27. The zero-order valence-corrected chi connectivity index (χ0v) is 15.1. The molecular formula is C16H21ClN4O4. The summed E-state index contributed by atoms with van der Waals surface area (Å²) in [6.07, 6.45) is -0.0441. The van der Waals surface area contributed by atoms with Crippen LogP contribution in [0.15, 0.2) is 23.3 Å². The summed E-state index contributed by atoms with van der Waals surface area (Å²) >= 11 is 5.90. The molecule has 0 saturated heterocycles. The topological polar surface area (TPSA) is 109 Å². The van der Waals surface area contributed by atoms with E-state index in [1.807, 2.05) is 6.92 Å². The van der Waals surface area contributed by atoms with Crippen LogP contribution in [0.2, 0.25) is 5.02 Å². The van der Waals surface area contributed by atoms with Crippen molar-refractivity contribution in [2.24, 2.45) is 5.10 Å². The molecule has 0 bridgehead atoms. The Kier molecular flexibility index (Phi) is 8.59. The van der Waals surface area contributed by atoms with Gasteiger partial charge in [-0.15, -0.1) is 0 Å². The first-order valence-electron chi connectivity index (χ1n) is 7.49. The fourth-order valence-electron chi connectivity index (χ4n) is 1.74. The second-order valence-electron chi connectivity index (χ2n) is 5.22. The maximum absolute atomic E-state index is 12.0. The van der Waals surface area contributed by atoms with E-state index in [1.54, 1.807) is 25.1 Å². The Morgan fingerprint density at radius 2 is 1.96 bits per heavy atom. The number of amides is 3. The van der Waals surface area contributed by atoms with Gasteiger partial charge in [-0.1, -0.05) is 17.7 Å². The van der Waals surface area contributed by atoms with E-state index in [-0.39, 0.29) is 18.9 Å². The highest BCUT2D eigenvalue weighted by molar-refractivity contribution is 6.35. The molecule has 0 fully saturated rings. The number of benzene rings is 1. The molecule has 0 aliphatic heterocycles.